The zero-order valence-corrected chi connectivity index (χ0v) is 14.0. The van der Waals surface area contributed by atoms with Crippen molar-refractivity contribution in [2.45, 2.75) is 26.4 Å². The summed E-state index contributed by atoms with van der Waals surface area (Å²) in [5.74, 6) is 0.431. The van der Waals surface area contributed by atoms with Gasteiger partial charge in [-0.3, -0.25) is 4.79 Å². The molecule has 126 valence electrons. The second kappa shape index (κ2) is 6.53. The van der Waals surface area contributed by atoms with Crippen LogP contribution in [-0.2, 0) is 11.3 Å². The summed E-state index contributed by atoms with van der Waals surface area (Å²) in [6.07, 6.45) is 0. The fraction of sp³-hybridized carbons (Fsp3) is 0.316. The van der Waals surface area contributed by atoms with Gasteiger partial charge in [-0.25, -0.2) is 0 Å². The second-order valence-electron chi connectivity index (χ2n) is 6.20. The van der Waals surface area contributed by atoms with Gasteiger partial charge in [-0.15, -0.1) is 0 Å². The maximum Gasteiger partial charge on any atom is 0.239 e. The number of rotatable bonds is 2. The van der Waals surface area contributed by atoms with Gasteiger partial charge >= 0.3 is 0 Å². The van der Waals surface area contributed by atoms with E-state index in [1.165, 1.54) is 0 Å². The number of phenols is 1. The average Bonchev–Trinajstić information content (AvgIpc) is 2.77. The van der Waals surface area contributed by atoms with Crippen molar-refractivity contribution in [3.63, 3.8) is 0 Å². The molecule has 1 aliphatic rings. The Balaban J connectivity index is 2.03. The van der Waals surface area contributed by atoms with Crippen molar-refractivity contribution in [1.29, 1.82) is 0 Å². The predicted molar refractivity (Wildman–Crippen MR) is 92.8 cm³/mol. The maximum atomic E-state index is 12.2. The largest absolute Gasteiger partial charge is 0.504 e. The smallest absolute Gasteiger partial charge is 0.239 e. The van der Waals surface area contributed by atoms with Gasteiger partial charge in [0, 0.05) is 12.1 Å². The third-order valence-corrected chi connectivity index (χ3v) is 4.27. The lowest BCUT2D eigenvalue weighted by molar-refractivity contribution is -0.132. The molecular weight excluding hydrogens is 304 g/mol. The number of fused-ring (bicyclic) bond motifs is 1. The van der Waals surface area contributed by atoms with Crippen LogP contribution < -0.4 is 10.5 Å². The highest BCUT2D eigenvalue weighted by atomic mass is 16.5. The van der Waals surface area contributed by atoms with Crippen LogP contribution in [0, 0.1) is 6.92 Å². The van der Waals surface area contributed by atoms with E-state index in [0.717, 1.165) is 22.3 Å². The van der Waals surface area contributed by atoms with Crippen LogP contribution in [0.15, 0.2) is 36.4 Å². The monoisotopic (exact) mass is 326 g/mol. The van der Waals surface area contributed by atoms with Crippen molar-refractivity contribution in [3.8, 4) is 22.6 Å². The van der Waals surface area contributed by atoms with Gasteiger partial charge < -0.3 is 20.5 Å². The van der Waals surface area contributed by atoms with E-state index < -0.39 is 6.04 Å². The number of ether oxygens (including phenoxy) is 1. The highest BCUT2D eigenvalue weighted by Crippen LogP contribution is 2.38. The Hall–Kier alpha value is -2.53. The molecule has 0 bridgehead atoms. The lowest BCUT2D eigenvalue weighted by Gasteiger charge is -2.22. The van der Waals surface area contributed by atoms with Crippen molar-refractivity contribution in [2.24, 2.45) is 5.73 Å². The number of carbonyl (C=O) groups excluding carboxylic acids is 1. The molecule has 2 aromatic carbocycles. The molecule has 5 heteroatoms. The third kappa shape index (κ3) is 3.08. The van der Waals surface area contributed by atoms with E-state index in [1.54, 1.807) is 17.9 Å². The normalized spacial score (nSPS) is 15.2. The Bertz CT molecular complexity index is 771. The van der Waals surface area contributed by atoms with E-state index in [1.807, 2.05) is 37.3 Å². The summed E-state index contributed by atoms with van der Waals surface area (Å²) in [7, 11) is 0. The minimum absolute atomic E-state index is 0.0980. The van der Waals surface area contributed by atoms with Gasteiger partial charge in [0.2, 0.25) is 5.91 Å². The molecule has 0 spiro atoms. The first-order chi connectivity index (χ1) is 11.5. The topological polar surface area (TPSA) is 75.8 Å². The minimum atomic E-state index is -0.556. The van der Waals surface area contributed by atoms with Gasteiger partial charge in [-0.05, 0) is 42.7 Å². The fourth-order valence-corrected chi connectivity index (χ4v) is 3.03. The number of phenolic OH excluding ortho intramolecular Hbond substituents is 1. The maximum absolute atomic E-state index is 12.2. The Labute approximate surface area is 141 Å². The van der Waals surface area contributed by atoms with Crippen LogP contribution in [0.25, 0.3) is 11.1 Å². The predicted octanol–water partition coefficient (Wildman–Crippen LogP) is 2.44. The van der Waals surface area contributed by atoms with Crippen molar-refractivity contribution in [1.82, 2.24) is 4.90 Å². The standard InChI is InChI=1S/C19H22N2O3/c1-12-5-3-4-6-16(12)14-9-15-11-21(19(23)13(2)20)7-8-24-18(15)17(22)10-14/h3-6,9-10,13,22H,7-8,11,20H2,1-2H3/t13-/m1/s1. The molecule has 1 atom stereocenters. The quantitative estimate of drug-likeness (QED) is 0.889. The highest BCUT2D eigenvalue weighted by molar-refractivity contribution is 5.81. The molecule has 0 fully saturated rings. The van der Waals surface area contributed by atoms with E-state index in [-0.39, 0.29) is 11.7 Å². The Kier molecular flexibility index (Phi) is 4.44. The lowest BCUT2D eigenvalue weighted by atomic mass is 9.97. The Morgan fingerprint density at radius 1 is 1.33 bits per heavy atom. The lowest BCUT2D eigenvalue weighted by Crippen LogP contribution is -2.42. The zero-order chi connectivity index (χ0) is 17.3. The molecule has 0 radical (unpaired) electrons. The van der Waals surface area contributed by atoms with Crippen LogP contribution in [0.2, 0.25) is 0 Å². The SMILES string of the molecule is Cc1ccccc1-c1cc(O)c2c(c1)CN(C(=O)[C@@H](C)N)CCO2. The minimum Gasteiger partial charge on any atom is -0.504 e. The fourth-order valence-electron chi connectivity index (χ4n) is 3.03. The summed E-state index contributed by atoms with van der Waals surface area (Å²) in [6.45, 7) is 4.87. The van der Waals surface area contributed by atoms with Crippen molar-refractivity contribution in [3.05, 3.63) is 47.5 Å². The first kappa shape index (κ1) is 16.3. The van der Waals surface area contributed by atoms with E-state index >= 15 is 0 Å². The first-order valence-corrected chi connectivity index (χ1v) is 8.06. The van der Waals surface area contributed by atoms with Gasteiger partial charge in [0.05, 0.1) is 12.6 Å². The number of benzene rings is 2. The second-order valence-corrected chi connectivity index (χ2v) is 6.20. The molecule has 24 heavy (non-hydrogen) atoms. The van der Waals surface area contributed by atoms with Gasteiger partial charge in [-0.2, -0.15) is 0 Å². The van der Waals surface area contributed by atoms with Crippen LogP contribution in [0.1, 0.15) is 18.1 Å². The van der Waals surface area contributed by atoms with E-state index in [0.29, 0.717) is 25.4 Å². The Morgan fingerprint density at radius 3 is 2.79 bits per heavy atom. The average molecular weight is 326 g/mol. The van der Waals surface area contributed by atoms with Crippen LogP contribution in [0.3, 0.4) is 0 Å². The van der Waals surface area contributed by atoms with Crippen molar-refractivity contribution in [2.75, 3.05) is 13.2 Å². The summed E-state index contributed by atoms with van der Waals surface area (Å²) < 4.78 is 5.68. The molecule has 0 saturated carbocycles. The Morgan fingerprint density at radius 2 is 2.08 bits per heavy atom. The van der Waals surface area contributed by atoms with Crippen molar-refractivity contribution < 1.29 is 14.6 Å². The molecule has 1 heterocycles. The van der Waals surface area contributed by atoms with Gasteiger partial charge in [0.15, 0.2) is 11.5 Å². The number of hydrogen-bond acceptors (Lipinski definition) is 4. The highest BCUT2D eigenvalue weighted by Gasteiger charge is 2.24. The van der Waals surface area contributed by atoms with Crippen LogP contribution in [0.4, 0.5) is 0 Å². The number of aromatic hydroxyl groups is 1. The van der Waals surface area contributed by atoms with E-state index in [4.69, 9.17) is 10.5 Å². The summed E-state index contributed by atoms with van der Waals surface area (Å²) in [4.78, 5) is 13.9. The molecule has 0 aliphatic carbocycles. The summed E-state index contributed by atoms with van der Waals surface area (Å²) in [5, 5.41) is 10.4. The summed E-state index contributed by atoms with van der Waals surface area (Å²) in [6, 6.07) is 11.1. The first-order valence-electron chi connectivity index (χ1n) is 8.06. The molecule has 1 amide bonds. The van der Waals surface area contributed by atoms with Gasteiger partial charge in [-0.1, -0.05) is 24.3 Å². The van der Waals surface area contributed by atoms with Crippen LogP contribution >= 0.6 is 0 Å². The van der Waals surface area contributed by atoms with Gasteiger partial charge in [0.1, 0.15) is 6.61 Å². The van der Waals surface area contributed by atoms with E-state index in [9.17, 15) is 9.90 Å². The molecule has 0 aromatic heterocycles. The molecule has 0 unspecified atom stereocenters. The number of nitrogens with two attached hydrogens (primary N) is 1. The molecule has 5 nitrogen and oxygen atoms in total. The van der Waals surface area contributed by atoms with E-state index in [2.05, 4.69) is 0 Å². The summed E-state index contributed by atoms with van der Waals surface area (Å²) in [5.41, 5.74) is 9.59. The zero-order valence-electron chi connectivity index (χ0n) is 14.0. The number of hydrogen-bond donors (Lipinski definition) is 2. The third-order valence-electron chi connectivity index (χ3n) is 4.27. The molecular formula is C19H22N2O3. The number of nitrogens with zero attached hydrogens (tertiary/aromatic N) is 1. The number of aryl methyl sites for hydroxylation is 1. The number of amides is 1. The molecule has 1 aliphatic heterocycles. The van der Waals surface area contributed by atoms with Crippen LogP contribution in [0.5, 0.6) is 11.5 Å². The molecule has 2 aromatic rings. The molecule has 3 N–H and O–H groups in total. The van der Waals surface area contributed by atoms with Crippen molar-refractivity contribution >= 4 is 5.91 Å². The van der Waals surface area contributed by atoms with Crippen LogP contribution in [-0.4, -0.2) is 35.1 Å². The number of carbonyl (C=O) groups is 1. The summed E-state index contributed by atoms with van der Waals surface area (Å²) >= 11 is 0. The molecule has 0 saturated heterocycles. The molecule has 3 rings (SSSR count). The van der Waals surface area contributed by atoms with Gasteiger partial charge in [0.25, 0.3) is 0 Å².